The van der Waals surface area contributed by atoms with Gasteiger partial charge in [0, 0.05) is 0 Å². The molecule has 0 aromatic carbocycles. The predicted molar refractivity (Wildman–Crippen MR) is 71.9 cm³/mol. The highest BCUT2D eigenvalue weighted by Crippen LogP contribution is 2.23. The van der Waals surface area contributed by atoms with E-state index in [9.17, 15) is 14.4 Å². The Kier molecular flexibility index (Phi) is 4.30. The molecular weight excluding hydrogens is 260 g/mol. The van der Waals surface area contributed by atoms with Gasteiger partial charge >= 0.3 is 12.0 Å². The molecule has 112 valence electrons. The van der Waals surface area contributed by atoms with Crippen molar-refractivity contribution in [3.05, 3.63) is 0 Å². The molecule has 0 bridgehead atoms. The van der Waals surface area contributed by atoms with E-state index in [2.05, 4.69) is 5.32 Å². The van der Waals surface area contributed by atoms with E-state index in [4.69, 9.17) is 4.74 Å². The number of hydrogen-bond acceptors (Lipinski definition) is 4. The number of imide groups is 1. The van der Waals surface area contributed by atoms with Crippen LogP contribution in [0.2, 0.25) is 0 Å². The zero-order valence-electron chi connectivity index (χ0n) is 12.1. The van der Waals surface area contributed by atoms with E-state index >= 15 is 0 Å². The van der Waals surface area contributed by atoms with E-state index < -0.39 is 23.4 Å². The molecule has 1 heterocycles. The van der Waals surface area contributed by atoms with Gasteiger partial charge in [-0.2, -0.15) is 0 Å². The maximum Gasteiger partial charge on any atom is 0.326 e. The Morgan fingerprint density at radius 3 is 2.50 bits per heavy atom. The van der Waals surface area contributed by atoms with Gasteiger partial charge in [0.15, 0.2) is 0 Å². The van der Waals surface area contributed by atoms with Crippen LogP contribution in [0, 0.1) is 5.92 Å². The molecule has 1 aliphatic heterocycles. The van der Waals surface area contributed by atoms with Gasteiger partial charge in [-0.15, -0.1) is 0 Å². The van der Waals surface area contributed by atoms with Crippen LogP contribution in [0.4, 0.5) is 4.79 Å². The van der Waals surface area contributed by atoms with Crippen molar-refractivity contribution in [2.75, 3.05) is 13.2 Å². The third-order valence-corrected chi connectivity index (χ3v) is 3.94. The van der Waals surface area contributed by atoms with Gasteiger partial charge in [0.2, 0.25) is 0 Å². The van der Waals surface area contributed by atoms with Crippen molar-refractivity contribution < 1.29 is 19.1 Å². The fraction of sp³-hybridized carbons (Fsp3) is 0.786. The van der Waals surface area contributed by atoms with Crippen LogP contribution >= 0.6 is 0 Å². The van der Waals surface area contributed by atoms with Crippen molar-refractivity contribution in [1.82, 2.24) is 10.2 Å². The first-order valence-electron chi connectivity index (χ1n) is 7.20. The van der Waals surface area contributed by atoms with Crippen LogP contribution in [-0.2, 0) is 14.3 Å². The third kappa shape index (κ3) is 3.29. The molecule has 20 heavy (non-hydrogen) atoms. The van der Waals surface area contributed by atoms with Crippen molar-refractivity contribution in [3.63, 3.8) is 0 Å². The zero-order chi connectivity index (χ0) is 14.8. The maximum absolute atomic E-state index is 11.9. The molecule has 2 aliphatic rings. The third-order valence-electron chi connectivity index (χ3n) is 3.94. The van der Waals surface area contributed by atoms with Crippen LogP contribution in [0.25, 0.3) is 0 Å². The fourth-order valence-corrected chi connectivity index (χ4v) is 2.70. The van der Waals surface area contributed by atoms with Crippen molar-refractivity contribution in [2.45, 2.75) is 51.5 Å². The molecule has 0 atom stereocenters. The lowest BCUT2D eigenvalue weighted by atomic mass is 9.90. The van der Waals surface area contributed by atoms with E-state index in [0.29, 0.717) is 12.5 Å². The number of nitrogens with one attached hydrogen (secondary N) is 1. The van der Waals surface area contributed by atoms with E-state index in [-0.39, 0.29) is 6.54 Å². The molecule has 0 aromatic heterocycles. The molecule has 1 saturated heterocycles. The Hall–Kier alpha value is -1.59. The molecule has 1 N–H and O–H groups in total. The molecule has 0 radical (unpaired) electrons. The number of carbonyl (C=O) groups is 3. The van der Waals surface area contributed by atoms with Crippen LogP contribution in [0.15, 0.2) is 0 Å². The lowest BCUT2D eigenvalue weighted by Crippen LogP contribution is -2.41. The molecule has 0 aromatic rings. The number of nitrogens with zero attached hydrogens (tertiary/aromatic N) is 1. The lowest BCUT2D eigenvalue weighted by Gasteiger charge is -2.21. The minimum Gasteiger partial charge on any atom is -0.464 e. The van der Waals surface area contributed by atoms with Gasteiger partial charge in [0.25, 0.3) is 5.91 Å². The van der Waals surface area contributed by atoms with Gasteiger partial charge < -0.3 is 10.1 Å². The van der Waals surface area contributed by atoms with Crippen LogP contribution < -0.4 is 5.32 Å². The standard InChI is InChI=1S/C14H22N2O4/c1-14(2)12(18)16(13(19)15-14)8-11(17)20-9-10-6-4-3-5-7-10/h10H,3-9H2,1-2H3,(H,15,19). The van der Waals surface area contributed by atoms with Crippen molar-refractivity contribution >= 4 is 17.9 Å². The largest absolute Gasteiger partial charge is 0.464 e. The molecule has 2 fully saturated rings. The number of rotatable bonds is 4. The normalized spacial score (nSPS) is 22.8. The van der Waals surface area contributed by atoms with Crippen LogP contribution in [-0.4, -0.2) is 41.5 Å². The molecule has 0 spiro atoms. The van der Waals surface area contributed by atoms with Gasteiger partial charge in [0.05, 0.1) is 6.61 Å². The number of hydrogen-bond donors (Lipinski definition) is 1. The van der Waals surface area contributed by atoms with Crippen LogP contribution in [0.3, 0.4) is 0 Å². The second-order valence-electron chi connectivity index (χ2n) is 6.13. The van der Waals surface area contributed by atoms with Gasteiger partial charge in [-0.05, 0) is 32.6 Å². The predicted octanol–water partition coefficient (Wildman–Crippen LogP) is 1.44. The summed E-state index contributed by atoms with van der Waals surface area (Å²) in [6, 6.07) is -0.533. The zero-order valence-corrected chi connectivity index (χ0v) is 12.1. The summed E-state index contributed by atoms with van der Waals surface area (Å²) in [5.74, 6) is -0.485. The van der Waals surface area contributed by atoms with Gasteiger partial charge in [0.1, 0.15) is 12.1 Å². The lowest BCUT2D eigenvalue weighted by molar-refractivity contribution is -0.149. The Bertz CT molecular complexity index is 413. The highest BCUT2D eigenvalue weighted by molar-refractivity contribution is 6.08. The van der Waals surface area contributed by atoms with Crippen molar-refractivity contribution in [2.24, 2.45) is 5.92 Å². The highest BCUT2D eigenvalue weighted by Gasteiger charge is 2.45. The van der Waals surface area contributed by atoms with Crippen molar-refractivity contribution in [1.29, 1.82) is 0 Å². The first-order chi connectivity index (χ1) is 9.40. The molecule has 6 heteroatoms. The van der Waals surface area contributed by atoms with Gasteiger partial charge in [-0.3, -0.25) is 14.5 Å². The van der Waals surface area contributed by atoms with Crippen LogP contribution in [0.5, 0.6) is 0 Å². The summed E-state index contributed by atoms with van der Waals surface area (Å²) in [7, 11) is 0. The van der Waals surface area contributed by atoms with E-state index in [1.54, 1.807) is 13.8 Å². The summed E-state index contributed by atoms with van der Waals surface area (Å²) in [6.07, 6.45) is 5.79. The molecule has 1 saturated carbocycles. The maximum atomic E-state index is 11.9. The Morgan fingerprint density at radius 1 is 1.30 bits per heavy atom. The average Bonchev–Trinajstić information content (AvgIpc) is 2.60. The second kappa shape index (κ2) is 5.81. The fourth-order valence-electron chi connectivity index (χ4n) is 2.70. The molecular formula is C14H22N2O4. The van der Waals surface area contributed by atoms with E-state index in [1.807, 2.05) is 0 Å². The number of urea groups is 1. The highest BCUT2D eigenvalue weighted by atomic mass is 16.5. The van der Waals surface area contributed by atoms with E-state index in [1.165, 1.54) is 19.3 Å². The quantitative estimate of drug-likeness (QED) is 0.625. The average molecular weight is 282 g/mol. The summed E-state index contributed by atoms with van der Waals surface area (Å²) in [5, 5.41) is 2.53. The minimum atomic E-state index is -0.944. The first kappa shape index (κ1) is 14.8. The summed E-state index contributed by atoms with van der Waals surface area (Å²) in [4.78, 5) is 36.2. The van der Waals surface area contributed by atoms with Gasteiger partial charge in [-0.1, -0.05) is 19.3 Å². The Morgan fingerprint density at radius 2 is 1.95 bits per heavy atom. The molecule has 1 aliphatic carbocycles. The SMILES string of the molecule is CC1(C)NC(=O)N(CC(=O)OCC2CCCCC2)C1=O. The van der Waals surface area contributed by atoms with Gasteiger partial charge in [-0.25, -0.2) is 4.79 Å². The number of amides is 3. The van der Waals surface area contributed by atoms with E-state index in [0.717, 1.165) is 17.7 Å². The summed E-state index contributed by atoms with van der Waals surface area (Å²) in [6.45, 7) is 3.31. The summed E-state index contributed by atoms with van der Waals surface area (Å²) >= 11 is 0. The minimum absolute atomic E-state index is 0.305. The Balaban J connectivity index is 1.79. The monoisotopic (exact) mass is 282 g/mol. The number of ether oxygens (including phenoxy) is 1. The first-order valence-corrected chi connectivity index (χ1v) is 7.20. The Labute approximate surface area is 118 Å². The number of esters is 1. The molecule has 6 nitrogen and oxygen atoms in total. The molecule has 3 amide bonds. The molecule has 2 rings (SSSR count). The smallest absolute Gasteiger partial charge is 0.326 e. The molecule has 0 unspecified atom stereocenters. The second-order valence-corrected chi connectivity index (χ2v) is 6.13. The summed E-state index contributed by atoms with van der Waals surface area (Å²) in [5.41, 5.74) is -0.944. The topological polar surface area (TPSA) is 75.7 Å². The summed E-state index contributed by atoms with van der Waals surface area (Å²) < 4.78 is 5.20. The van der Waals surface area contributed by atoms with Crippen molar-refractivity contribution in [3.8, 4) is 0 Å². The van der Waals surface area contributed by atoms with Crippen LogP contribution in [0.1, 0.15) is 46.0 Å². The number of carbonyl (C=O) groups excluding carboxylic acids is 3.